The number of carbonyl (C=O) groups excluding carboxylic acids is 1. The van der Waals surface area contributed by atoms with Crippen molar-refractivity contribution in [2.75, 3.05) is 23.4 Å². The van der Waals surface area contributed by atoms with Crippen LogP contribution in [0.3, 0.4) is 0 Å². The van der Waals surface area contributed by atoms with Crippen LogP contribution < -0.4 is 9.80 Å². The molecule has 0 unspecified atom stereocenters. The molecule has 1 aromatic carbocycles. The number of fused-ring (bicyclic) bond motifs is 1. The number of carbonyl (C=O) groups is 1. The van der Waals surface area contributed by atoms with E-state index < -0.39 is 23.3 Å². The van der Waals surface area contributed by atoms with Gasteiger partial charge in [-0.25, -0.2) is 4.98 Å². The summed E-state index contributed by atoms with van der Waals surface area (Å²) in [5, 5.41) is 9.59. The van der Waals surface area contributed by atoms with E-state index in [0.29, 0.717) is 6.54 Å². The van der Waals surface area contributed by atoms with Gasteiger partial charge in [0.25, 0.3) is 0 Å². The molecule has 4 rings (SSSR count). The first-order valence-electron chi connectivity index (χ1n) is 10.2. The Kier molecular flexibility index (Phi) is 5.16. The molecule has 2 aromatic rings. The molecule has 3 atom stereocenters. The summed E-state index contributed by atoms with van der Waals surface area (Å²) in [5.41, 5.74) is 0.370. The van der Waals surface area contributed by atoms with Crippen LogP contribution in [0.5, 0.6) is 0 Å². The Morgan fingerprint density at radius 2 is 2.00 bits per heavy atom. The normalized spacial score (nSPS) is 22.5. The largest absolute Gasteiger partial charge is 0.417 e. The lowest BCUT2D eigenvalue weighted by molar-refractivity contribution is -0.137. The van der Waals surface area contributed by atoms with E-state index in [4.69, 9.17) is 0 Å². The minimum atomic E-state index is -4.68. The minimum Gasteiger partial charge on any atom is -0.343 e. The van der Waals surface area contributed by atoms with Crippen LogP contribution in [0, 0.1) is 37.0 Å². The van der Waals surface area contributed by atoms with Gasteiger partial charge in [0, 0.05) is 25.0 Å². The molecular weight excluding hydrogens is 405 g/mol. The average molecular weight is 428 g/mol. The van der Waals surface area contributed by atoms with Crippen LogP contribution >= 0.6 is 0 Å². The third-order valence-electron chi connectivity index (χ3n) is 6.44. The van der Waals surface area contributed by atoms with Gasteiger partial charge in [-0.2, -0.15) is 18.4 Å². The molecule has 0 N–H and O–H groups in total. The van der Waals surface area contributed by atoms with Crippen LogP contribution in [0.15, 0.2) is 30.3 Å². The van der Waals surface area contributed by atoms with E-state index in [0.717, 1.165) is 30.2 Å². The third kappa shape index (κ3) is 3.62. The highest BCUT2D eigenvalue weighted by Crippen LogP contribution is 2.48. The molecule has 0 radical (unpaired) electrons. The fourth-order valence-electron chi connectivity index (χ4n) is 4.73. The molecular formula is C23H23F3N4O. The number of anilines is 2. The maximum Gasteiger partial charge on any atom is 0.417 e. The number of halogens is 3. The summed E-state index contributed by atoms with van der Waals surface area (Å²) >= 11 is 0. The zero-order valence-electron chi connectivity index (χ0n) is 17.6. The molecule has 2 aliphatic rings. The van der Waals surface area contributed by atoms with Crippen LogP contribution in [0.4, 0.5) is 24.7 Å². The van der Waals surface area contributed by atoms with Gasteiger partial charge in [0.05, 0.1) is 5.56 Å². The van der Waals surface area contributed by atoms with Crippen molar-refractivity contribution in [2.45, 2.75) is 38.9 Å². The Hall–Kier alpha value is -3.08. The number of nitrogens with zero attached hydrogens (tertiary/aromatic N) is 4. The van der Waals surface area contributed by atoms with Crippen molar-refractivity contribution in [3.8, 4) is 6.07 Å². The first kappa shape index (κ1) is 21.2. The molecule has 1 aliphatic carbocycles. The number of nitriles is 1. The predicted molar refractivity (Wildman–Crippen MR) is 111 cm³/mol. The maximum atomic E-state index is 13.6. The van der Waals surface area contributed by atoms with E-state index in [1.165, 1.54) is 6.92 Å². The van der Waals surface area contributed by atoms with Crippen LogP contribution in [0.1, 0.15) is 35.2 Å². The molecule has 8 heteroatoms. The highest BCUT2D eigenvalue weighted by atomic mass is 19.4. The predicted octanol–water partition coefficient (Wildman–Crippen LogP) is 4.47. The molecule has 162 valence electrons. The number of rotatable bonds is 3. The number of alkyl halides is 3. The first-order valence-corrected chi connectivity index (χ1v) is 10.2. The molecule has 0 bridgehead atoms. The number of hydrogen-bond acceptors (Lipinski definition) is 4. The van der Waals surface area contributed by atoms with Crippen molar-refractivity contribution < 1.29 is 18.0 Å². The summed E-state index contributed by atoms with van der Waals surface area (Å²) in [6.45, 7) is 3.83. The molecule has 1 amide bonds. The number of benzene rings is 1. The van der Waals surface area contributed by atoms with Gasteiger partial charge in [-0.3, -0.25) is 4.79 Å². The Morgan fingerprint density at radius 3 is 2.58 bits per heavy atom. The fourth-order valence-corrected chi connectivity index (χ4v) is 4.73. The molecule has 0 spiro atoms. The van der Waals surface area contributed by atoms with Gasteiger partial charge < -0.3 is 9.80 Å². The molecule has 2 heterocycles. The van der Waals surface area contributed by atoms with E-state index in [1.54, 1.807) is 22.9 Å². The zero-order valence-corrected chi connectivity index (χ0v) is 17.6. The van der Waals surface area contributed by atoms with E-state index in [2.05, 4.69) is 4.98 Å². The van der Waals surface area contributed by atoms with E-state index >= 15 is 0 Å². The van der Waals surface area contributed by atoms with Crippen molar-refractivity contribution in [3.05, 3.63) is 52.7 Å². The summed E-state index contributed by atoms with van der Waals surface area (Å²) in [4.78, 5) is 21.0. The van der Waals surface area contributed by atoms with Gasteiger partial charge in [-0.05, 0) is 62.3 Å². The molecule has 31 heavy (non-hydrogen) atoms. The number of aryl methyl sites for hydroxylation is 2. The van der Waals surface area contributed by atoms with Gasteiger partial charge in [0.2, 0.25) is 5.91 Å². The number of amides is 1. The van der Waals surface area contributed by atoms with Crippen LogP contribution in [-0.2, 0) is 11.0 Å². The van der Waals surface area contributed by atoms with Crippen LogP contribution in [0.25, 0.3) is 0 Å². The molecule has 1 aromatic heterocycles. The van der Waals surface area contributed by atoms with Crippen molar-refractivity contribution in [1.82, 2.24) is 4.98 Å². The summed E-state index contributed by atoms with van der Waals surface area (Å²) in [5.74, 6) is 0.0183. The molecule has 1 saturated heterocycles. The lowest BCUT2D eigenvalue weighted by Crippen LogP contribution is -2.49. The fraction of sp³-hybridized carbons (Fsp3) is 0.435. The van der Waals surface area contributed by atoms with Crippen molar-refractivity contribution >= 4 is 17.4 Å². The highest BCUT2D eigenvalue weighted by molar-refractivity contribution is 5.99. The van der Waals surface area contributed by atoms with Crippen LogP contribution in [-0.4, -0.2) is 30.5 Å². The second kappa shape index (κ2) is 7.56. The Bertz CT molecular complexity index is 1080. The van der Waals surface area contributed by atoms with Gasteiger partial charge in [-0.15, -0.1) is 0 Å². The SMILES string of the molecule is Cc1cccc(N(C)C(=O)[C@@H]2[C@H]3CC[C@H]3CN2c2nc(C)cc(C(F)(F)F)c2C#N)c1. The standard InChI is InChI=1S/C23H23F3N4O/c1-13-5-4-6-16(9-13)29(3)22(31)20-17-8-7-15(17)12-30(20)21-18(11-27)19(23(24,25)26)10-14(2)28-21/h4-6,9-10,15,17,20H,7-8,12H2,1-3H3/t15-,17-,20-/m0/s1. The highest BCUT2D eigenvalue weighted by Gasteiger charge is 2.52. The zero-order chi connectivity index (χ0) is 22.5. The summed E-state index contributed by atoms with van der Waals surface area (Å²) in [6, 6.07) is 9.46. The quantitative estimate of drug-likeness (QED) is 0.724. The monoisotopic (exact) mass is 428 g/mol. The Labute approximate surface area is 179 Å². The lowest BCUT2D eigenvalue weighted by Gasteiger charge is -2.35. The molecule has 1 aliphatic heterocycles. The van der Waals surface area contributed by atoms with Gasteiger partial charge >= 0.3 is 6.18 Å². The molecule has 5 nitrogen and oxygen atoms in total. The number of hydrogen-bond donors (Lipinski definition) is 0. The minimum absolute atomic E-state index is 0.0415. The Morgan fingerprint density at radius 1 is 1.26 bits per heavy atom. The maximum absolute atomic E-state index is 13.6. The smallest absolute Gasteiger partial charge is 0.343 e. The summed E-state index contributed by atoms with van der Waals surface area (Å²) < 4.78 is 40.9. The average Bonchev–Trinajstić information content (AvgIpc) is 2.95. The Balaban J connectivity index is 1.77. The van der Waals surface area contributed by atoms with Crippen molar-refractivity contribution in [3.63, 3.8) is 0 Å². The van der Waals surface area contributed by atoms with Crippen molar-refractivity contribution in [1.29, 1.82) is 5.26 Å². The topological polar surface area (TPSA) is 60.2 Å². The van der Waals surface area contributed by atoms with E-state index in [-0.39, 0.29) is 29.3 Å². The summed E-state index contributed by atoms with van der Waals surface area (Å²) in [7, 11) is 1.68. The van der Waals surface area contributed by atoms with Crippen molar-refractivity contribution in [2.24, 2.45) is 11.8 Å². The number of likely N-dealkylation sites (N-methyl/N-ethyl adjacent to an activating group) is 1. The third-order valence-corrected chi connectivity index (χ3v) is 6.44. The van der Waals surface area contributed by atoms with E-state index in [9.17, 15) is 23.2 Å². The first-order chi connectivity index (χ1) is 14.6. The number of aromatic nitrogens is 1. The lowest BCUT2D eigenvalue weighted by atomic mass is 9.73. The molecule has 2 fully saturated rings. The van der Waals surface area contributed by atoms with Gasteiger partial charge in [0.15, 0.2) is 0 Å². The number of pyridine rings is 1. The van der Waals surface area contributed by atoms with Gasteiger partial charge in [-0.1, -0.05) is 12.1 Å². The van der Waals surface area contributed by atoms with E-state index in [1.807, 2.05) is 31.2 Å². The van der Waals surface area contributed by atoms with Crippen LogP contribution in [0.2, 0.25) is 0 Å². The van der Waals surface area contributed by atoms with Gasteiger partial charge in [0.1, 0.15) is 23.5 Å². The molecule has 1 saturated carbocycles. The second-order valence-electron chi connectivity index (χ2n) is 8.45. The second-order valence-corrected chi connectivity index (χ2v) is 8.45. The summed E-state index contributed by atoms with van der Waals surface area (Å²) in [6.07, 6.45) is -2.93.